The lowest BCUT2D eigenvalue weighted by Gasteiger charge is -2.25. The van der Waals surface area contributed by atoms with Crippen LogP contribution in [0.3, 0.4) is 0 Å². The van der Waals surface area contributed by atoms with Crippen LogP contribution in [0.2, 0.25) is 0 Å². The lowest BCUT2D eigenvalue weighted by atomic mass is 10.1. The van der Waals surface area contributed by atoms with Crippen LogP contribution in [-0.4, -0.2) is 24.7 Å². The minimum absolute atomic E-state index is 0.117. The van der Waals surface area contributed by atoms with Crippen molar-refractivity contribution in [1.29, 1.82) is 0 Å². The predicted molar refractivity (Wildman–Crippen MR) is 87.6 cm³/mol. The van der Waals surface area contributed by atoms with Gasteiger partial charge < -0.3 is 0 Å². The van der Waals surface area contributed by atoms with E-state index in [4.69, 9.17) is 0 Å². The molecule has 24 heavy (non-hydrogen) atoms. The molecule has 2 rings (SSSR count). The first-order chi connectivity index (χ1) is 11.1. The molecular weight excluding hydrogens is 335 g/mol. The fourth-order valence-electron chi connectivity index (χ4n) is 2.29. The summed E-state index contributed by atoms with van der Waals surface area (Å²) in [5.41, 5.74) is 0.742. The van der Waals surface area contributed by atoms with Crippen LogP contribution in [0.15, 0.2) is 47.4 Å². The normalized spacial score (nSPS) is 13.0. The molecule has 1 unspecified atom stereocenters. The topological polar surface area (TPSA) is 80.5 Å². The molecule has 0 amide bonds. The van der Waals surface area contributed by atoms with Crippen LogP contribution in [0.1, 0.15) is 24.1 Å². The molecule has 6 nitrogen and oxygen atoms in total. The molecule has 2 aromatic carbocycles. The Labute approximate surface area is 139 Å². The van der Waals surface area contributed by atoms with E-state index in [0.29, 0.717) is 11.1 Å². The standard InChI is InChI=1S/C16H17FN2O4S/c1-11-4-9-15(19(20)21)10-16(11)24(22,23)18(3)12(2)13-5-7-14(17)8-6-13/h4-10,12H,1-3H3. The minimum Gasteiger partial charge on any atom is -0.258 e. The summed E-state index contributed by atoms with van der Waals surface area (Å²) in [6, 6.07) is 8.68. The summed E-state index contributed by atoms with van der Waals surface area (Å²) in [4.78, 5) is 10.2. The second-order valence-corrected chi connectivity index (χ2v) is 7.42. The zero-order valence-corrected chi connectivity index (χ0v) is 14.2. The van der Waals surface area contributed by atoms with Gasteiger partial charge in [-0.2, -0.15) is 4.31 Å². The smallest absolute Gasteiger partial charge is 0.258 e. The Bertz CT molecular complexity index is 866. The van der Waals surface area contributed by atoms with Crippen molar-refractivity contribution in [3.05, 3.63) is 69.5 Å². The summed E-state index contributed by atoms with van der Waals surface area (Å²) >= 11 is 0. The number of nitro benzene ring substituents is 1. The maximum Gasteiger partial charge on any atom is 0.270 e. The number of nitrogens with zero attached hydrogens (tertiary/aromatic N) is 2. The van der Waals surface area contributed by atoms with E-state index in [1.807, 2.05) is 0 Å². The Morgan fingerprint density at radius 2 is 1.75 bits per heavy atom. The molecule has 0 bridgehead atoms. The van der Waals surface area contributed by atoms with E-state index in [1.54, 1.807) is 13.8 Å². The highest BCUT2D eigenvalue weighted by Gasteiger charge is 2.29. The molecule has 0 aliphatic heterocycles. The summed E-state index contributed by atoms with van der Waals surface area (Å²) in [6.07, 6.45) is 0. The summed E-state index contributed by atoms with van der Waals surface area (Å²) in [6.45, 7) is 3.24. The van der Waals surface area contributed by atoms with Crippen LogP contribution in [0.5, 0.6) is 0 Å². The summed E-state index contributed by atoms with van der Waals surface area (Å²) in [5, 5.41) is 10.9. The van der Waals surface area contributed by atoms with Crippen LogP contribution in [0.4, 0.5) is 10.1 Å². The fourth-order valence-corrected chi connectivity index (χ4v) is 3.89. The first-order valence-electron chi connectivity index (χ1n) is 7.13. The van der Waals surface area contributed by atoms with Crippen molar-refractivity contribution in [1.82, 2.24) is 4.31 Å². The number of hydrogen-bond acceptors (Lipinski definition) is 4. The number of rotatable bonds is 5. The van der Waals surface area contributed by atoms with Gasteiger partial charge in [0, 0.05) is 25.2 Å². The van der Waals surface area contributed by atoms with Crippen molar-refractivity contribution in [3.8, 4) is 0 Å². The van der Waals surface area contributed by atoms with Gasteiger partial charge in [-0.1, -0.05) is 18.2 Å². The van der Waals surface area contributed by atoms with E-state index < -0.39 is 26.8 Å². The zero-order valence-electron chi connectivity index (χ0n) is 13.4. The van der Waals surface area contributed by atoms with Crippen molar-refractivity contribution in [2.24, 2.45) is 0 Å². The summed E-state index contributed by atoms with van der Waals surface area (Å²) < 4.78 is 39.8. The summed E-state index contributed by atoms with van der Waals surface area (Å²) in [5.74, 6) is -0.411. The molecule has 0 saturated heterocycles. The van der Waals surface area contributed by atoms with Gasteiger partial charge in [0.15, 0.2) is 0 Å². The maximum absolute atomic E-state index is 13.0. The number of halogens is 1. The predicted octanol–water partition coefficient (Wildman–Crippen LogP) is 3.42. The molecule has 128 valence electrons. The Morgan fingerprint density at radius 1 is 1.17 bits per heavy atom. The highest BCUT2D eigenvalue weighted by Crippen LogP contribution is 2.29. The molecule has 0 saturated carbocycles. The van der Waals surface area contributed by atoms with Gasteiger partial charge in [-0.3, -0.25) is 10.1 Å². The number of aryl methyl sites for hydroxylation is 1. The molecule has 0 radical (unpaired) electrons. The van der Waals surface area contributed by atoms with Crippen LogP contribution < -0.4 is 0 Å². The second kappa shape index (κ2) is 6.66. The molecule has 0 aromatic heterocycles. The van der Waals surface area contributed by atoms with E-state index in [0.717, 1.165) is 10.4 Å². The van der Waals surface area contributed by atoms with Crippen LogP contribution in [-0.2, 0) is 10.0 Å². The molecule has 8 heteroatoms. The van der Waals surface area contributed by atoms with E-state index in [2.05, 4.69) is 0 Å². The van der Waals surface area contributed by atoms with Crippen LogP contribution >= 0.6 is 0 Å². The monoisotopic (exact) mass is 352 g/mol. The average molecular weight is 352 g/mol. The molecule has 0 fully saturated rings. The molecule has 2 aromatic rings. The van der Waals surface area contributed by atoms with E-state index in [9.17, 15) is 22.9 Å². The van der Waals surface area contributed by atoms with Crippen LogP contribution in [0, 0.1) is 22.9 Å². The van der Waals surface area contributed by atoms with Crippen molar-refractivity contribution >= 4 is 15.7 Å². The average Bonchev–Trinajstić information content (AvgIpc) is 2.54. The maximum atomic E-state index is 13.0. The first-order valence-corrected chi connectivity index (χ1v) is 8.57. The molecule has 0 N–H and O–H groups in total. The number of benzene rings is 2. The third-order valence-corrected chi connectivity index (χ3v) is 6.01. The number of nitro groups is 1. The minimum atomic E-state index is -3.95. The van der Waals surface area contributed by atoms with Crippen LogP contribution in [0.25, 0.3) is 0 Å². The first kappa shape index (κ1) is 18.0. The summed E-state index contributed by atoms with van der Waals surface area (Å²) in [7, 11) is -2.56. The Morgan fingerprint density at radius 3 is 2.29 bits per heavy atom. The van der Waals surface area contributed by atoms with Gasteiger partial charge in [-0.05, 0) is 37.1 Å². The lowest BCUT2D eigenvalue weighted by Crippen LogP contribution is -2.30. The molecule has 0 aliphatic rings. The number of non-ortho nitro benzene ring substituents is 1. The zero-order chi connectivity index (χ0) is 18.1. The number of hydrogen-bond donors (Lipinski definition) is 0. The van der Waals surface area contributed by atoms with Gasteiger partial charge in [0.2, 0.25) is 10.0 Å². The van der Waals surface area contributed by atoms with Gasteiger partial charge in [-0.15, -0.1) is 0 Å². The van der Waals surface area contributed by atoms with Gasteiger partial charge in [-0.25, -0.2) is 12.8 Å². The Hall–Kier alpha value is -2.32. The number of sulfonamides is 1. The van der Waals surface area contributed by atoms with E-state index in [1.165, 1.54) is 43.4 Å². The molecule has 1 atom stereocenters. The lowest BCUT2D eigenvalue weighted by molar-refractivity contribution is -0.385. The second-order valence-electron chi connectivity index (χ2n) is 5.46. The van der Waals surface area contributed by atoms with Gasteiger partial charge in [0.25, 0.3) is 5.69 Å². The molecular formula is C16H17FN2O4S. The van der Waals surface area contributed by atoms with Crippen molar-refractivity contribution in [2.75, 3.05) is 7.05 Å². The molecule has 0 aliphatic carbocycles. The van der Waals surface area contributed by atoms with Gasteiger partial charge >= 0.3 is 0 Å². The highest BCUT2D eigenvalue weighted by molar-refractivity contribution is 7.89. The third-order valence-electron chi connectivity index (χ3n) is 3.94. The Balaban J connectivity index is 2.44. The van der Waals surface area contributed by atoms with E-state index >= 15 is 0 Å². The fraction of sp³-hybridized carbons (Fsp3) is 0.250. The molecule has 0 spiro atoms. The van der Waals surface area contributed by atoms with E-state index in [-0.39, 0.29) is 10.6 Å². The van der Waals surface area contributed by atoms with Crippen molar-refractivity contribution < 1.29 is 17.7 Å². The van der Waals surface area contributed by atoms with Gasteiger partial charge in [0.05, 0.1) is 9.82 Å². The Kier molecular flexibility index (Phi) is 5.00. The quantitative estimate of drug-likeness (QED) is 0.610. The highest BCUT2D eigenvalue weighted by atomic mass is 32.2. The SMILES string of the molecule is Cc1ccc([N+](=O)[O-])cc1S(=O)(=O)N(C)C(C)c1ccc(F)cc1. The third kappa shape index (κ3) is 3.44. The largest absolute Gasteiger partial charge is 0.270 e. The van der Waals surface area contributed by atoms with Crippen molar-refractivity contribution in [2.45, 2.75) is 24.8 Å². The van der Waals surface area contributed by atoms with Crippen molar-refractivity contribution in [3.63, 3.8) is 0 Å². The molecule has 0 heterocycles. The van der Waals surface area contributed by atoms with Gasteiger partial charge in [0.1, 0.15) is 5.82 Å².